The van der Waals surface area contributed by atoms with Crippen LogP contribution in [0.3, 0.4) is 0 Å². The molecule has 5 heteroatoms. The number of benzene rings is 1. The van der Waals surface area contributed by atoms with Crippen LogP contribution >= 0.6 is 27.5 Å². The Balaban J connectivity index is 2.79. The van der Waals surface area contributed by atoms with E-state index in [0.29, 0.717) is 0 Å². The molecule has 2 atom stereocenters. The van der Waals surface area contributed by atoms with Crippen LogP contribution in [0, 0.1) is 0 Å². The van der Waals surface area contributed by atoms with Crippen molar-refractivity contribution in [2.45, 2.75) is 10.2 Å². The third-order valence-electron chi connectivity index (χ3n) is 2.12. The average molecular weight is 308 g/mol. The zero-order valence-corrected chi connectivity index (χ0v) is 11.3. The number of hydrogen-bond donors (Lipinski definition) is 0. The topological polar surface area (TPSA) is 35.5 Å². The van der Waals surface area contributed by atoms with E-state index >= 15 is 0 Å². The van der Waals surface area contributed by atoms with Crippen molar-refractivity contribution in [2.24, 2.45) is 0 Å². The molecule has 0 spiro atoms. The number of esters is 1. The Hall–Kier alpha value is -0.740. The third kappa shape index (κ3) is 3.12. The highest BCUT2D eigenvalue weighted by Crippen LogP contribution is 2.30. The first-order valence-corrected chi connectivity index (χ1v) is 5.95. The van der Waals surface area contributed by atoms with Crippen LogP contribution in [-0.4, -0.2) is 25.0 Å². The molecule has 0 aliphatic rings. The lowest BCUT2D eigenvalue weighted by Crippen LogP contribution is -2.20. The van der Waals surface area contributed by atoms with Gasteiger partial charge in [0.05, 0.1) is 19.6 Å². The van der Waals surface area contributed by atoms with Gasteiger partial charge in [0.1, 0.15) is 10.6 Å². The van der Waals surface area contributed by atoms with E-state index in [1.165, 1.54) is 7.11 Å². The van der Waals surface area contributed by atoms with Gasteiger partial charge in [0.25, 0.3) is 0 Å². The van der Waals surface area contributed by atoms with E-state index in [9.17, 15) is 4.79 Å². The van der Waals surface area contributed by atoms with Crippen molar-refractivity contribution in [3.05, 3.63) is 29.8 Å². The van der Waals surface area contributed by atoms with Crippen LogP contribution in [0.1, 0.15) is 10.9 Å². The van der Waals surface area contributed by atoms with Gasteiger partial charge in [-0.15, -0.1) is 11.6 Å². The molecule has 0 heterocycles. The van der Waals surface area contributed by atoms with Gasteiger partial charge >= 0.3 is 5.97 Å². The Morgan fingerprint density at radius 1 is 1.31 bits per heavy atom. The average Bonchev–Trinajstić information content (AvgIpc) is 2.36. The number of hydrogen-bond acceptors (Lipinski definition) is 3. The quantitative estimate of drug-likeness (QED) is 0.634. The second kappa shape index (κ2) is 6.11. The van der Waals surface area contributed by atoms with Crippen molar-refractivity contribution in [1.29, 1.82) is 0 Å². The first-order chi connectivity index (χ1) is 7.60. The van der Waals surface area contributed by atoms with Gasteiger partial charge in [-0.25, -0.2) is 0 Å². The van der Waals surface area contributed by atoms with Crippen LogP contribution in [-0.2, 0) is 9.53 Å². The minimum atomic E-state index is -0.562. The molecule has 0 aliphatic carbocycles. The molecule has 16 heavy (non-hydrogen) atoms. The summed E-state index contributed by atoms with van der Waals surface area (Å²) in [7, 11) is 2.92. The van der Waals surface area contributed by atoms with Crippen molar-refractivity contribution in [1.82, 2.24) is 0 Å². The van der Waals surface area contributed by atoms with Crippen LogP contribution in [0.5, 0.6) is 5.75 Å². The van der Waals surface area contributed by atoms with E-state index in [2.05, 4.69) is 20.7 Å². The van der Waals surface area contributed by atoms with Crippen molar-refractivity contribution in [2.75, 3.05) is 14.2 Å². The Morgan fingerprint density at radius 3 is 2.31 bits per heavy atom. The van der Waals surface area contributed by atoms with E-state index in [0.717, 1.165) is 11.3 Å². The van der Waals surface area contributed by atoms with Gasteiger partial charge in [0.2, 0.25) is 0 Å². The van der Waals surface area contributed by atoms with Crippen molar-refractivity contribution < 1.29 is 14.3 Å². The van der Waals surface area contributed by atoms with Gasteiger partial charge in [-0.3, -0.25) is 4.79 Å². The lowest BCUT2D eigenvalue weighted by Gasteiger charge is -2.14. The molecule has 0 aliphatic heterocycles. The third-order valence-corrected chi connectivity index (χ3v) is 3.83. The molecule has 0 aromatic heterocycles. The van der Waals surface area contributed by atoms with Crippen molar-refractivity contribution in [3.8, 4) is 5.75 Å². The lowest BCUT2D eigenvalue weighted by molar-refractivity contribution is -0.139. The predicted octanol–water partition coefficient (Wildman–Crippen LogP) is 2.91. The number of halogens is 2. The Labute approximate surface area is 108 Å². The fraction of sp³-hybridized carbons (Fsp3) is 0.364. The van der Waals surface area contributed by atoms with Crippen molar-refractivity contribution in [3.63, 3.8) is 0 Å². The maximum atomic E-state index is 11.3. The maximum Gasteiger partial charge on any atom is 0.321 e. The summed E-state index contributed by atoms with van der Waals surface area (Å²) in [6, 6.07) is 7.21. The van der Waals surface area contributed by atoms with Gasteiger partial charge in [-0.1, -0.05) is 28.1 Å². The molecule has 0 unspecified atom stereocenters. The highest BCUT2D eigenvalue weighted by atomic mass is 79.9. The standard InChI is InChI=1S/C11H12BrClO3/c1-15-8-5-3-7(4-6-8)10(13)9(12)11(14)16-2/h3-6,9-10H,1-2H3/t9-,10-/m0/s1. The summed E-state index contributed by atoms with van der Waals surface area (Å²) in [6.07, 6.45) is 0. The second-order valence-electron chi connectivity index (χ2n) is 3.10. The number of alkyl halides is 2. The smallest absolute Gasteiger partial charge is 0.321 e. The fourth-order valence-corrected chi connectivity index (χ4v) is 1.93. The molecule has 0 N–H and O–H groups in total. The molecule has 0 fully saturated rings. The van der Waals surface area contributed by atoms with E-state index in [-0.39, 0.29) is 0 Å². The highest BCUT2D eigenvalue weighted by molar-refractivity contribution is 9.10. The number of ether oxygens (including phenoxy) is 2. The maximum absolute atomic E-state index is 11.3. The molecule has 0 saturated carbocycles. The van der Waals surface area contributed by atoms with E-state index < -0.39 is 16.2 Å². The first kappa shape index (κ1) is 13.3. The molecule has 0 saturated heterocycles. The molecular formula is C11H12BrClO3. The summed E-state index contributed by atoms with van der Waals surface area (Å²) in [6.45, 7) is 0. The van der Waals surface area contributed by atoms with Crippen LogP contribution in [0.15, 0.2) is 24.3 Å². The number of carbonyl (C=O) groups excluding carboxylic acids is 1. The van der Waals surface area contributed by atoms with Gasteiger partial charge in [0.15, 0.2) is 0 Å². The van der Waals surface area contributed by atoms with Crippen LogP contribution in [0.2, 0.25) is 0 Å². The number of carbonyl (C=O) groups is 1. The van der Waals surface area contributed by atoms with Gasteiger partial charge < -0.3 is 9.47 Å². The van der Waals surface area contributed by atoms with Gasteiger partial charge in [-0.2, -0.15) is 0 Å². The van der Waals surface area contributed by atoms with E-state index in [1.54, 1.807) is 19.2 Å². The van der Waals surface area contributed by atoms with E-state index in [1.807, 2.05) is 12.1 Å². The predicted molar refractivity (Wildman–Crippen MR) is 66.3 cm³/mol. The monoisotopic (exact) mass is 306 g/mol. The Kier molecular flexibility index (Phi) is 5.09. The molecule has 0 bridgehead atoms. The molecule has 3 nitrogen and oxygen atoms in total. The second-order valence-corrected chi connectivity index (χ2v) is 4.56. The fourth-order valence-electron chi connectivity index (χ4n) is 1.19. The Morgan fingerprint density at radius 2 is 1.88 bits per heavy atom. The van der Waals surface area contributed by atoms with Crippen LogP contribution in [0.4, 0.5) is 0 Å². The summed E-state index contributed by atoms with van der Waals surface area (Å²) >= 11 is 9.34. The SMILES string of the molecule is COC(=O)[C@@H](Br)[C@@H](Cl)c1ccc(OC)cc1. The van der Waals surface area contributed by atoms with E-state index in [4.69, 9.17) is 16.3 Å². The molecular weight excluding hydrogens is 295 g/mol. The summed E-state index contributed by atoms with van der Waals surface area (Å²) < 4.78 is 9.64. The zero-order chi connectivity index (χ0) is 12.1. The minimum Gasteiger partial charge on any atom is -0.497 e. The lowest BCUT2D eigenvalue weighted by atomic mass is 10.1. The molecule has 0 amide bonds. The normalized spacial score (nSPS) is 14.0. The minimum absolute atomic E-state index is 0.393. The molecule has 1 rings (SSSR count). The van der Waals surface area contributed by atoms with Gasteiger partial charge in [-0.05, 0) is 17.7 Å². The molecule has 1 aromatic rings. The zero-order valence-electron chi connectivity index (χ0n) is 8.94. The van der Waals surface area contributed by atoms with Crippen molar-refractivity contribution >= 4 is 33.5 Å². The summed E-state index contributed by atoms with van der Waals surface area (Å²) in [5.74, 6) is 0.354. The molecule has 0 radical (unpaired) electrons. The van der Waals surface area contributed by atoms with Crippen LogP contribution < -0.4 is 4.74 Å². The summed E-state index contributed by atoms with van der Waals surface area (Å²) in [5, 5.41) is -0.474. The number of rotatable bonds is 4. The Bertz CT molecular complexity index is 353. The molecule has 88 valence electrons. The summed E-state index contributed by atoms with van der Waals surface area (Å²) in [4.78, 5) is 10.7. The highest BCUT2D eigenvalue weighted by Gasteiger charge is 2.26. The largest absolute Gasteiger partial charge is 0.497 e. The first-order valence-electron chi connectivity index (χ1n) is 4.60. The van der Waals surface area contributed by atoms with Gasteiger partial charge in [0, 0.05) is 0 Å². The van der Waals surface area contributed by atoms with Crippen LogP contribution in [0.25, 0.3) is 0 Å². The molecule has 1 aromatic carbocycles. The summed E-state index contributed by atoms with van der Waals surface area (Å²) in [5.41, 5.74) is 0.828. The number of methoxy groups -OCH3 is 2.